The molecule has 86 valence electrons. The molecule has 1 aromatic carbocycles. The van der Waals surface area contributed by atoms with Crippen LogP contribution in [0.3, 0.4) is 0 Å². The Bertz CT molecular complexity index is 408. The number of hydrogen-bond acceptors (Lipinski definition) is 3. The van der Waals surface area contributed by atoms with Crippen LogP contribution in [0.15, 0.2) is 24.3 Å². The fraction of sp³-hybridized carbons (Fsp3) is 0.538. The molecule has 16 heavy (non-hydrogen) atoms. The highest BCUT2D eigenvalue weighted by Gasteiger charge is 2.51. The molecule has 3 nitrogen and oxygen atoms in total. The first-order chi connectivity index (χ1) is 7.59. The molecule has 0 bridgehead atoms. The van der Waals surface area contributed by atoms with Crippen LogP contribution in [0.1, 0.15) is 43.9 Å². The van der Waals surface area contributed by atoms with Crippen LogP contribution in [0.2, 0.25) is 0 Å². The Morgan fingerprint density at radius 2 is 1.69 bits per heavy atom. The molecular weight excluding hydrogens is 204 g/mol. The number of rotatable bonds is 0. The van der Waals surface area contributed by atoms with Crippen LogP contribution in [0.25, 0.3) is 0 Å². The molecule has 1 fully saturated rings. The molecule has 0 saturated carbocycles. The van der Waals surface area contributed by atoms with Crippen LogP contribution in [-0.4, -0.2) is 6.10 Å². The normalized spacial score (nSPS) is 32.6. The van der Waals surface area contributed by atoms with Crippen molar-refractivity contribution in [2.45, 2.75) is 38.9 Å². The minimum atomic E-state index is -0.0691. The maximum Gasteiger partial charge on any atom is 0.151 e. The Kier molecular flexibility index (Phi) is 2.11. The number of benzene rings is 1. The van der Waals surface area contributed by atoms with Gasteiger partial charge in [0.2, 0.25) is 0 Å². The van der Waals surface area contributed by atoms with Crippen LogP contribution >= 0.6 is 0 Å². The summed E-state index contributed by atoms with van der Waals surface area (Å²) in [5.74, 6) is 0.316. The predicted molar refractivity (Wildman–Crippen MR) is 58.4 cm³/mol. The van der Waals surface area contributed by atoms with Gasteiger partial charge in [0.15, 0.2) is 6.10 Å². The minimum Gasteiger partial charge on any atom is -0.199 e. The zero-order valence-electron chi connectivity index (χ0n) is 9.77. The SMILES string of the molecule is CC(C)(C)[C@@H]1c2ccccc2[C@H]2OOO[C@H]21. The van der Waals surface area contributed by atoms with Crippen LogP contribution in [0.5, 0.6) is 0 Å². The van der Waals surface area contributed by atoms with Gasteiger partial charge in [-0.3, -0.25) is 0 Å². The number of hydrogen-bond donors (Lipinski definition) is 0. The van der Waals surface area contributed by atoms with Crippen molar-refractivity contribution in [3.8, 4) is 0 Å². The van der Waals surface area contributed by atoms with E-state index in [4.69, 9.17) is 14.8 Å². The zero-order chi connectivity index (χ0) is 11.3. The van der Waals surface area contributed by atoms with Crippen LogP contribution in [-0.2, 0) is 14.8 Å². The lowest BCUT2D eigenvalue weighted by Gasteiger charge is -2.30. The molecule has 3 atom stereocenters. The standard InChI is InChI=1S/C13H16O3/c1-13(2,3)10-8-6-4-5-7-9(8)11-12(10)15-16-14-11/h4-7,10-12H,1-3H3/t10-,11-,12+/m1/s1. The second-order valence-corrected chi connectivity index (χ2v) is 5.62. The van der Waals surface area contributed by atoms with Crippen molar-refractivity contribution in [3.05, 3.63) is 35.4 Å². The molecule has 1 aliphatic heterocycles. The Morgan fingerprint density at radius 1 is 1.00 bits per heavy atom. The van der Waals surface area contributed by atoms with Gasteiger partial charge in [0.1, 0.15) is 6.10 Å². The molecule has 0 unspecified atom stereocenters. The Labute approximate surface area is 95.2 Å². The molecule has 3 heteroatoms. The van der Waals surface area contributed by atoms with Crippen molar-refractivity contribution in [2.24, 2.45) is 5.41 Å². The van der Waals surface area contributed by atoms with E-state index in [0.717, 1.165) is 0 Å². The smallest absolute Gasteiger partial charge is 0.151 e. The van der Waals surface area contributed by atoms with Gasteiger partial charge in [-0.2, -0.15) is 9.78 Å². The third-order valence-electron chi connectivity index (χ3n) is 3.49. The Hall–Kier alpha value is -0.900. The fourth-order valence-electron chi connectivity index (χ4n) is 2.86. The highest BCUT2D eigenvalue weighted by atomic mass is 17.5. The summed E-state index contributed by atoms with van der Waals surface area (Å²) in [6.45, 7) is 6.66. The maximum atomic E-state index is 5.28. The lowest BCUT2D eigenvalue weighted by Crippen LogP contribution is -2.27. The molecule has 1 aromatic rings. The summed E-state index contributed by atoms with van der Waals surface area (Å²) in [6, 6.07) is 8.36. The van der Waals surface area contributed by atoms with Gasteiger partial charge in [0.25, 0.3) is 0 Å². The molecule has 0 N–H and O–H groups in total. The molecule has 1 aliphatic carbocycles. The van der Waals surface area contributed by atoms with Crippen LogP contribution in [0.4, 0.5) is 0 Å². The van der Waals surface area contributed by atoms with Gasteiger partial charge in [0, 0.05) is 5.92 Å². The average Bonchev–Trinajstić information content (AvgIpc) is 2.73. The maximum absolute atomic E-state index is 5.28. The Morgan fingerprint density at radius 3 is 2.38 bits per heavy atom. The van der Waals surface area contributed by atoms with E-state index < -0.39 is 0 Å². The van der Waals surface area contributed by atoms with Gasteiger partial charge in [-0.15, -0.1) is 0 Å². The first-order valence-corrected chi connectivity index (χ1v) is 5.66. The summed E-state index contributed by atoms with van der Waals surface area (Å²) < 4.78 is 0. The highest BCUT2D eigenvalue weighted by molar-refractivity contribution is 5.41. The van der Waals surface area contributed by atoms with Crippen molar-refractivity contribution in [1.29, 1.82) is 0 Å². The largest absolute Gasteiger partial charge is 0.199 e. The second kappa shape index (κ2) is 3.29. The molecule has 3 rings (SSSR count). The lowest BCUT2D eigenvalue weighted by molar-refractivity contribution is -0.469. The van der Waals surface area contributed by atoms with E-state index >= 15 is 0 Å². The van der Waals surface area contributed by atoms with Gasteiger partial charge in [-0.1, -0.05) is 50.1 Å². The summed E-state index contributed by atoms with van der Waals surface area (Å²) in [5.41, 5.74) is 2.66. The fourth-order valence-corrected chi connectivity index (χ4v) is 2.86. The number of fused-ring (bicyclic) bond motifs is 3. The lowest BCUT2D eigenvalue weighted by atomic mass is 9.76. The predicted octanol–water partition coefficient (Wildman–Crippen LogP) is 3.13. The zero-order valence-corrected chi connectivity index (χ0v) is 9.77. The monoisotopic (exact) mass is 220 g/mol. The topological polar surface area (TPSA) is 27.7 Å². The summed E-state index contributed by atoms with van der Waals surface area (Å²) in [5, 5.41) is 4.69. The van der Waals surface area contributed by atoms with Gasteiger partial charge in [0.05, 0.1) is 0 Å². The molecule has 1 saturated heterocycles. The van der Waals surface area contributed by atoms with Crippen molar-refractivity contribution < 1.29 is 14.8 Å². The second-order valence-electron chi connectivity index (χ2n) is 5.62. The molecule has 2 aliphatic rings. The minimum absolute atomic E-state index is 0.0163. The van der Waals surface area contributed by atoms with Crippen molar-refractivity contribution in [3.63, 3.8) is 0 Å². The highest BCUT2D eigenvalue weighted by Crippen LogP contribution is 2.54. The molecule has 0 aromatic heterocycles. The van der Waals surface area contributed by atoms with Crippen molar-refractivity contribution in [2.75, 3.05) is 0 Å². The molecule has 0 spiro atoms. The van der Waals surface area contributed by atoms with E-state index in [1.165, 1.54) is 11.1 Å². The average molecular weight is 220 g/mol. The summed E-state index contributed by atoms with van der Waals surface area (Å²) >= 11 is 0. The van der Waals surface area contributed by atoms with Gasteiger partial charge in [-0.05, 0) is 16.5 Å². The van der Waals surface area contributed by atoms with Crippen LogP contribution < -0.4 is 0 Å². The van der Waals surface area contributed by atoms with E-state index in [1.807, 2.05) is 6.07 Å². The van der Waals surface area contributed by atoms with E-state index in [2.05, 4.69) is 39.0 Å². The molecule has 0 amide bonds. The molecule has 0 radical (unpaired) electrons. The molecule has 1 heterocycles. The third kappa shape index (κ3) is 1.32. The molecular formula is C13H16O3. The van der Waals surface area contributed by atoms with Gasteiger partial charge < -0.3 is 0 Å². The van der Waals surface area contributed by atoms with E-state index in [-0.39, 0.29) is 17.6 Å². The van der Waals surface area contributed by atoms with E-state index in [9.17, 15) is 0 Å². The third-order valence-corrected chi connectivity index (χ3v) is 3.49. The van der Waals surface area contributed by atoms with Crippen molar-refractivity contribution in [1.82, 2.24) is 0 Å². The summed E-state index contributed by atoms with van der Waals surface area (Å²) in [4.78, 5) is 10.5. The van der Waals surface area contributed by atoms with Gasteiger partial charge >= 0.3 is 0 Å². The summed E-state index contributed by atoms with van der Waals surface area (Å²) in [6.07, 6.45) is -0.0853. The van der Waals surface area contributed by atoms with E-state index in [0.29, 0.717) is 5.92 Å². The quantitative estimate of drug-likeness (QED) is 0.629. The van der Waals surface area contributed by atoms with Crippen LogP contribution in [0, 0.1) is 5.41 Å². The van der Waals surface area contributed by atoms with Gasteiger partial charge in [-0.25, -0.2) is 0 Å². The Balaban J connectivity index is 2.12. The first-order valence-electron chi connectivity index (χ1n) is 5.66. The van der Waals surface area contributed by atoms with Crippen molar-refractivity contribution >= 4 is 0 Å². The first kappa shape index (κ1) is 10.3. The van der Waals surface area contributed by atoms with E-state index in [1.54, 1.807) is 0 Å². The summed E-state index contributed by atoms with van der Waals surface area (Å²) in [7, 11) is 0.